The summed E-state index contributed by atoms with van der Waals surface area (Å²) in [7, 11) is 0. The van der Waals surface area contributed by atoms with E-state index in [2.05, 4.69) is 25.6 Å². The number of benzene rings is 1. The molecule has 3 aromatic rings. The fourth-order valence-electron chi connectivity index (χ4n) is 2.16. The molecule has 0 saturated heterocycles. The van der Waals surface area contributed by atoms with Crippen molar-refractivity contribution in [3.63, 3.8) is 0 Å². The number of para-hydroxylation sites is 1. The topological polar surface area (TPSA) is 62.7 Å². The first-order valence-electron chi connectivity index (χ1n) is 7.42. The lowest BCUT2D eigenvalue weighted by Crippen LogP contribution is -2.10. The molecule has 0 atom stereocenters. The molecule has 0 spiro atoms. The molecule has 0 unspecified atom stereocenters. The standard InChI is InChI=1S/C17H14F3N5/c18-17(19,20)13-6-1-2-7-14(13)24-16-22-10-8-15(25-16)23-11-12-5-3-4-9-21-12/h1-10H,11H2,(H2,22,23,24,25). The van der Waals surface area contributed by atoms with Crippen molar-refractivity contribution in [1.29, 1.82) is 0 Å². The van der Waals surface area contributed by atoms with Crippen LogP contribution in [0.4, 0.5) is 30.6 Å². The van der Waals surface area contributed by atoms with Gasteiger partial charge in [-0.15, -0.1) is 0 Å². The number of aromatic nitrogens is 3. The lowest BCUT2D eigenvalue weighted by Gasteiger charge is -2.13. The Balaban J connectivity index is 1.74. The highest BCUT2D eigenvalue weighted by Crippen LogP contribution is 2.35. The number of anilines is 3. The Morgan fingerprint density at radius 2 is 1.68 bits per heavy atom. The second kappa shape index (κ2) is 7.16. The summed E-state index contributed by atoms with van der Waals surface area (Å²) in [5, 5.41) is 5.68. The molecule has 2 N–H and O–H groups in total. The maximum absolute atomic E-state index is 13.0. The Kier molecular flexibility index (Phi) is 4.78. The van der Waals surface area contributed by atoms with Crippen LogP contribution in [-0.4, -0.2) is 15.0 Å². The van der Waals surface area contributed by atoms with Gasteiger partial charge in [-0.05, 0) is 30.3 Å². The van der Waals surface area contributed by atoms with Crippen LogP contribution in [0.25, 0.3) is 0 Å². The van der Waals surface area contributed by atoms with Crippen LogP contribution < -0.4 is 10.6 Å². The lowest BCUT2D eigenvalue weighted by molar-refractivity contribution is -0.136. The Labute approximate surface area is 142 Å². The number of nitrogens with one attached hydrogen (secondary N) is 2. The molecular formula is C17H14F3N5. The summed E-state index contributed by atoms with van der Waals surface area (Å²) in [4.78, 5) is 12.3. The van der Waals surface area contributed by atoms with Crippen LogP contribution >= 0.6 is 0 Å². The van der Waals surface area contributed by atoms with Gasteiger partial charge in [-0.3, -0.25) is 4.98 Å². The van der Waals surface area contributed by atoms with Crippen LogP contribution in [0.1, 0.15) is 11.3 Å². The van der Waals surface area contributed by atoms with Crippen LogP contribution in [0.3, 0.4) is 0 Å². The van der Waals surface area contributed by atoms with Gasteiger partial charge in [0.2, 0.25) is 5.95 Å². The third-order valence-corrected chi connectivity index (χ3v) is 3.31. The molecule has 3 rings (SSSR count). The van der Waals surface area contributed by atoms with Crippen molar-refractivity contribution in [2.24, 2.45) is 0 Å². The Bertz CT molecular complexity index is 837. The molecule has 0 radical (unpaired) electrons. The first kappa shape index (κ1) is 16.7. The molecule has 0 amide bonds. The number of nitrogens with zero attached hydrogens (tertiary/aromatic N) is 3. The fraction of sp³-hybridized carbons (Fsp3) is 0.118. The van der Waals surface area contributed by atoms with Gasteiger partial charge in [-0.2, -0.15) is 18.2 Å². The molecule has 0 bridgehead atoms. The van der Waals surface area contributed by atoms with Crippen LogP contribution in [-0.2, 0) is 12.7 Å². The molecule has 5 nitrogen and oxygen atoms in total. The largest absolute Gasteiger partial charge is 0.418 e. The van der Waals surface area contributed by atoms with Gasteiger partial charge < -0.3 is 10.6 Å². The maximum atomic E-state index is 13.0. The van der Waals surface area contributed by atoms with E-state index in [1.807, 2.05) is 18.2 Å². The van der Waals surface area contributed by atoms with Crippen LogP contribution in [0, 0.1) is 0 Å². The predicted molar refractivity (Wildman–Crippen MR) is 88.3 cm³/mol. The molecule has 25 heavy (non-hydrogen) atoms. The van der Waals surface area contributed by atoms with Gasteiger partial charge in [-0.1, -0.05) is 18.2 Å². The Morgan fingerprint density at radius 1 is 0.880 bits per heavy atom. The summed E-state index contributed by atoms with van der Waals surface area (Å²) in [5.74, 6) is 0.551. The lowest BCUT2D eigenvalue weighted by atomic mass is 10.1. The van der Waals surface area contributed by atoms with E-state index in [0.29, 0.717) is 12.4 Å². The van der Waals surface area contributed by atoms with Gasteiger partial charge in [0.05, 0.1) is 23.5 Å². The molecule has 0 aliphatic rings. The number of alkyl halides is 3. The molecule has 8 heteroatoms. The Morgan fingerprint density at radius 3 is 2.44 bits per heavy atom. The van der Waals surface area contributed by atoms with Crippen molar-refractivity contribution in [1.82, 2.24) is 15.0 Å². The van der Waals surface area contributed by atoms with Gasteiger partial charge in [-0.25, -0.2) is 4.98 Å². The molecule has 2 heterocycles. The van der Waals surface area contributed by atoms with Gasteiger partial charge in [0, 0.05) is 12.4 Å². The highest BCUT2D eigenvalue weighted by atomic mass is 19.4. The quantitative estimate of drug-likeness (QED) is 0.724. The van der Waals surface area contributed by atoms with Crippen molar-refractivity contribution in [3.05, 3.63) is 72.2 Å². The summed E-state index contributed by atoms with van der Waals surface area (Å²) in [6.07, 6.45) is -1.32. The minimum atomic E-state index is -4.46. The molecule has 128 valence electrons. The molecule has 2 aromatic heterocycles. The predicted octanol–water partition coefficient (Wildman–Crippen LogP) is 4.25. The van der Waals surface area contributed by atoms with Crippen molar-refractivity contribution in [2.45, 2.75) is 12.7 Å². The highest BCUT2D eigenvalue weighted by molar-refractivity contribution is 5.60. The number of hydrogen-bond acceptors (Lipinski definition) is 5. The second-order valence-electron chi connectivity index (χ2n) is 5.11. The zero-order chi connectivity index (χ0) is 17.7. The first-order valence-corrected chi connectivity index (χ1v) is 7.42. The van der Waals surface area contributed by atoms with E-state index in [9.17, 15) is 13.2 Å². The first-order chi connectivity index (χ1) is 12.0. The molecular weight excluding hydrogens is 331 g/mol. The normalized spacial score (nSPS) is 11.2. The molecule has 0 aliphatic carbocycles. The summed E-state index contributed by atoms with van der Waals surface area (Å²) < 4.78 is 39.1. The van der Waals surface area contributed by atoms with E-state index in [1.165, 1.54) is 24.4 Å². The monoisotopic (exact) mass is 345 g/mol. The molecule has 0 fully saturated rings. The fourth-order valence-corrected chi connectivity index (χ4v) is 2.16. The second-order valence-corrected chi connectivity index (χ2v) is 5.11. The van der Waals surface area contributed by atoms with Crippen molar-refractivity contribution < 1.29 is 13.2 Å². The van der Waals surface area contributed by atoms with Gasteiger partial charge in [0.25, 0.3) is 0 Å². The van der Waals surface area contributed by atoms with Gasteiger partial charge in [0.1, 0.15) is 5.82 Å². The van der Waals surface area contributed by atoms with E-state index in [0.717, 1.165) is 11.8 Å². The van der Waals surface area contributed by atoms with E-state index >= 15 is 0 Å². The molecule has 0 saturated carbocycles. The number of pyridine rings is 1. The number of halogens is 3. The number of hydrogen-bond donors (Lipinski definition) is 2. The summed E-state index contributed by atoms with van der Waals surface area (Å²) >= 11 is 0. The SMILES string of the molecule is FC(F)(F)c1ccccc1Nc1nccc(NCc2ccccn2)n1. The summed E-state index contributed by atoms with van der Waals surface area (Å²) in [6, 6.07) is 12.3. The summed E-state index contributed by atoms with van der Waals surface area (Å²) in [6.45, 7) is 0.441. The third kappa shape index (κ3) is 4.43. The van der Waals surface area contributed by atoms with E-state index in [-0.39, 0.29) is 11.6 Å². The van der Waals surface area contributed by atoms with Gasteiger partial charge in [0.15, 0.2) is 0 Å². The van der Waals surface area contributed by atoms with E-state index < -0.39 is 11.7 Å². The smallest absolute Gasteiger partial charge is 0.364 e. The van der Waals surface area contributed by atoms with E-state index in [4.69, 9.17) is 0 Å². The summed E-state index contributed by atoms with van der Waals surface area (Å²) in [5.41, 5.74) is -0.0552. The number of rotatable bonds is 5. The molecule has 1 aromatic carbocycles. The maximum Gasteiger partial charge on any atom is 0.418 e. The van der Waals surface area contributed by atoms with E-state index in [1.54, 1.807) is 12.3 Å². The average Bonchev–Trinajstić information content (AvgIpc) is 2.61. The van der Waals surface area contributed by atoms with Crippen LogP contribution in [0.5, 0.6) is 0 Å². The molecule has 0 aliphatic heterocycles. The van der Waals surface area contributed by atoms with Crippen LogP contribution in [0.15, 0.2) is 60.9 Å². The van der Waals surface area contributed by atoms with Gasteiger partial charge >= 0.3 is 6.18 Å². The minimum Gasteiger partial charge on any atom is -0.364 e. The zero-order valence-corrected chi connectivity index (χ0v) is 13.0. The van der Waals surface area contributed by atoms with Crippen LogP contribution in [0.2, 0.25) is 0 Å². The van der Waals surface area contributed by atoms with Crippen molar-refractivity contribution in [3.8, 4) is 0 Å². The Hall–Kier alpha value is -3.16. The van der Waals surface area contributed by atoms with Crippen molar-refractivity contribution >= 4 is 17.5 Å². The van der Waals surface area contributed by atoms with Crippen molar-refractivity contribution in [2.75, 3.05) is 10.6 Å². The highest BCUT2D eigenvalue weighted by Gasteiger charge is 2.33. The third-order valence-electron chi connectivity index (χ3n) is 3.31. The average molecular weight is 345 g/mol. The minimum absolute atomic E-state index is 0.0720. The zero-order valence-electron chi connectivity index (χ0n) is 13.0.